The molecule has 0 saturated heterocycles. The maximum Gasteiger partial charge on any atom is 0.306 e. The maximum atomic E-state index is 12.8. The van der Waals surface area contributed by atoms with E-state index in [1.807, 2.05) is 0 Å². The molecule has 0 bridgehead atoms. The zero-order chi connectivity index (χ0) is 42.3. The van der Waals surface area contributed by atoms with Gasteiger partial charge in [-0.15, -0.1) is 0 Å². The third-order valence-corrected chi connectivity index (χ3v) is 10.9. The molecule has 0 fully saturated rings. The van der Waals surface area contributed by atoms with Crippen molar-refractivity contribution in [2.24, 2.45) is 0 Å². The molecule has 0 heterocycles. The molecule has 338 valence electrons. The van der Waals surface area contributed by atoms with Gasteiger partial charge in [0, 0.05) is 19.3 Å². The molecule has 0 aliphatic rings. The van der Waals surface area contributed by atoms with Crippen LogP contribution < -0.4 is 0 Å². The standard InChI is InChI=1S/C52H94O6/c1-4-7-10-13-16-19-22-25-27-30-33-36-39-42-45-51(54)57-48-49(47-56-50(53)44-41-38-35-32-29-24-21-18-15-12-9-6-3)58-52(55)46-43-40-37-34-31-28-26-23-20-17-14-11-8-5-2/h13,16,18,21-22,25,49H,4-12,14-15,17,19-20,23-24,26-48H2,1-3H3/b16-13-,21-18-,25-22-/t49-/m1/s1. The minimum atomic E-state index is -0.776. The van der Waals surface area contributed by atoms with Crippen LogP contribution >= 0.6 is 0 Å². The third-order valence-electron chi connectivity index (χ3n) is 10.9. The van der Waals surface area contributed by atoms with E-state index in [1.165, 1.54) is 135 Å². The van der Waals surface area contributed by atoms with Crippen LogP contribution in [0.4, 0.5) is 0 Å². The van der Waals surface area contributed by atoms with E-state index in [0.717, 1.165) is 83.5 Å². The van der Waals surface area contributed by atoms with Crippen LogP contribution in [-0.4, -0.2) is 37.2 Å². The van der Waals surface area contributed by atoms with Gasteiger partial charge < -0.3 is 14.2 Å². The van der Waals surface area contributed by atoms with Crippen molar-refractivity contribution in [3.63, 3.8) is 0 Å². The number of carbonyl (C=O) groups is 3. The summed E-state index contributed by atoms with van der Waals surface area (Å²) in [5.74, 6) is -0.893. The molecule has 0 N–H and O–H groups in total. The van der Waals surface area contributed by atoms with Gasteiger partial charge in [0.2, 0.25) is 0 Å². The van der Waals surface area contributed by atoms with Gasteiger partial charge in [0.05, 0.1) is 0 Å². The molecule has 1 atom stereocenters. The zero-order valence-electron chi connectivity index (χ0n) is 38.6. The second-order valence-electron chi connectivity index (χ2n) is 16.7. The quantitative estimate of drug-likeness (QED) is 0.0264. The Bertz CT molecular complexity index is 984. The molecule has 0 aromatic carbocycles. The maximum absolute atomic E-state index is 12.8. The molecule has 0 aliphatic heterocycles. The van der Waals surface area contributed by atoms with Gasteiger partial charge >= 0.3 is 17.9 Å². The first-order chi connectivity index (χ1) is 28.5. The Morgan fingerprint density at radius 1 is 0.345 bits per heavy atom. The molecule has 58 heavy (non-hydrogen) atoms. The highest BCUT2D eigenvalue weighted by atomic mass is 16.6. The smallest absolute Gasteiger partial charge is 0.306 e. The summed E-state index contributed by atoms with van der Waals surface area (Å²) in [6, 6.07) is 0. The SMILES string of the molecule is CCCC/C=C\C/C=C\CCCCCCCC(=O)OC[C@@H](COC(=O)CCCCCCC/C=C\CCCCC)OC(=O)CCCCCCCCCCCCCCCC. The van der Waals surface area contributed by atoms with E-state index in [9.17, 15) is 14.4 Å². The molecular formula is C52H94O6. The highest BCUT2D eigenvalue weighted by molar-refractivity contribution is 5.71. The Hall–Kier alpha value is -2.37. The topological polar surface area (TPSA) is 78.9 Å². The van der Waals surface area contributed by atoms with Gasteiger partial charge in [0.15, 0.2) is 6.10 Å². The summed E-state index contributed by atoms with van der Waals surface area (Å²) >= 11 is 0. The number of esters is 3. The number of unbranched alkanes of at least 4 members (excludes halogenated alkanes) is 28. The normalized spacial score (nSPS) is 12.3. The van der Waals surface area contributed by atoms with Crippen LogP contribution in [0.2, 0.25) is 0 Å². The predicted molar refractivity (Wildman–Crippen MR) is 247 cm³/mol. The Morgan fingerprint density at radius 3 is 1.05 bits per heavy atom. The summed E-state index contributed by atoms with van der Waals surface area (Å²) in [6.45, 7) is 6.57. The number of allylic oxidation sites excluding steroid dienone is 6. The lowest BCUT2D eigenvalue weighted by Crippen LogP contribution is -2.30. The van der Waals surface area contributed by atoms with Gasteiger partial charge in [-0.1, -0.05) is 205 Å². The van der Waals surface area contributed by atoms with Gasteiger partial charge in [-0.2, -0.15) is 0 Å². The van der Waals surface area contributed by atoms with Gasteiger partial charge in [-0.25, -0.2) is 0 Å². The number of hydrogen-bond acceptors (Lipinski definition) is 6. The van der Waals surface area contributed by atoms with Crippen molar-refractivity contribution in [3.05, 3.63) is 36.5 Å². The van der Waals surface area contributed by atoms with E-state index in [2.05, 4.69) is 57.2 Å². The number of ether oxygens (including phenoxy) is 3. The van der Waals surface area contributed by atoms with Crippen LogP contribution in [0, 0.1) is 0 Å². The van der Waals surface area contributed by atoms with E-state index < -0.39 is 6.10 Å². The van der Waals surface area contributed by atoms with Crippen molar-refractivity contribution >= 4 is 17.9 Å². The third kappa shape index (κ3) is 44.7. The van der Waals surface area contributed by atoms with Crippen molar-refractivity contribution in [1.29, 1.82) is 0 Å². The Balaban J connectivity index is 4.38. The monoisotopic (exact) mass is 815 g/mol. The van der Waals surface area contributed by atoms with Crippen LogP contribution in [0.25, 0.3) is 0 Å². The van der Waals surface area contributed by atoms with Gasteiger partial charge in [-0.05, 0) is 70.6 Å². The summed E-state index contributed by atoms with van der Waals surface area (Å²) in [4.78, 5) is 37.9. The van der Waals surface area contributed by atoms with Crippen LogP contribution in [0.3, 0.4) is 0 Å². The fraction of sp³-hybridized carbons (Fsp3) is 0.827. The lowest BCUT2D eigenvalue weighted by molar-refractivity contribution is -0.167. The first-order valence-corrected chi connectivity index (χ1v) is 25.0. The Morgan fingerprint density at radius 2 is 0.638 bits per heavy atom. The highest BCUT2D eigenvalue weighted by Crippen LogP contribution is 2.15. The lowest BCUT2D eigenvalue weighted by atomic mass is 10.0. The van der Waals surface area contributed by atoms with Crippen molar-refractivity contribution in [3.8, 4) is 0 Å². The fourth-order valence-electron chi connectivity index (χ4n) is 7.04. The Labute approximate surface area is 359 Å². The summed E-state index contributed by atoms with van der Waals surface area (Å²) < 4.78 is 16.8. The summed E-state index contributed by atoms with van der Waals surface area (Å²) in [6.07, 6.45) is 54.0. The van der Waals surface area contributed by atoms with Gasteiger partial charge in [0.1, 0.15) is 13.2 Å². The van der Waals surface area contributed by atoms with Crippen LogP contribution in [0.5, 0.6) is 0 Å². The van der Waals surface area contributed by atoms with E-state index in [1.54, 1.807) is 0 Å². The first kappa shape index (κ1) is 55.6. The fourth-order valence-corrected chi connectivity index (χ4v) is 7.04. The molecule has 0 spiro atoms. The van der Waals surface area contributed by atoms with E-state index >= 15 is 0 Å². The molecule has 0 aromatic rings. The average molecular weight is 815 g/mol. The number of carbonyl (C=O) groups excluding carboxylic acids is 3. The van der Waals surface area contributed by atoms with E-state index in [-0.39, 0.29) is 31.1 Å². The minimum absolute atomic E-state index is 0.0786. The average Bonchev–Trinajstić information content (AvgIpc) is 3.22. The summed E-state index contributed by atoms with van der Waals surface area (Å²) in [5.41, 5.74) is 0. The van der Waals surface area contributed by atoms with Crippen molar-refractivity contribution in [1.82, 2.24) is 0 Å². The minimum Gasteiger partial charge on any atom is -0.462 e. The van der Waals surface area contributed by atoms with Crippen molar-refractivity contribution in [2.75, 3.05) is 13.2 Å². The van der Waals surface area contributed by atoms with Crippen LogP contribution in [0.15, 0.2) is 36.5 Å². The molecule has 0 saturated carbocycles. The molecule has 0 unspecified atom stereocenters. The summed E-state index contributed by atoms with van der Waals surface area (Å²) in [7, 11) is 0. The van der Waals surface area contributed by atoms with E-state index in [0.29, 0.717) is 19.3 Å². The van der Waals surface area contributed by atoms with Gasteiger partial charge in [-0.3, -0.25) is 14.4 Å². The largest absolute Gasteiger partial charge is 0.462 e. The lowest BCUT2D eigenvalue weighted by Gasteiger charge is -2.18. The summed E-state index contributed by atoms with van der Waals surface area (Å²) in [5, 5.41) is 0. The van der Waals surface area contributed by atoms with Crippen molar-refractivity contribution in [2.45, 2.75) is 264 Å². The van der Waals surface area contributed by atoms with Crippen molar-refractivity contribution < 1.29 is 28.6 Å². The molecule has 0 radical (unpaired) electrons. The molecule has 0 aromatic heterocycles. The molecular weight excluding hydrogens is 721 g/mol. The molecule has 6 heteroatoms. The Kier molecular flexibility index (Phi) is 45.4. The van der Waals surface area contributed by atoms with E-state index in [4.69, 9.17) is 14.2 Å². The van der Waals surface area contributed by atoms with Crippen LogP contribution in [0.1, 0.15) is 258 Å². The second kappa shape index (κ2) is 47.3. The number of hydrogen-bond donors (Lipinski definition) is 0. The molecule has 0 amide bonds. The van der Waals surface area contributed by atoms with Gasteiger partial charge in [0.25, 0.3) is 0 Å². The zero-order valence-corrected chi connectivity index (χ0v) is 38.6. The molecule has 6 nitrogen and oxygen atoms in total. The van der Waals surface area contributed by atoms with Crippen LogP contribution in [-0.2, 0) is 28.6 Å². The molecule has 0 aliphatic carbocycles. The number of rotatable bonds is 45. The molecule has 0 rings (SSSR count). The second-order valence-corrected chi connectivity index (χ2v) is 16.7. The predicted octanol–water partition coefficient (Wildman–Crippen LogP) is 16.1. The highest BCUT2D eigenvalue weighted by Gasteiger charge is 2.19. The first-order valence-electron chi connectivity index (χ1n) is 25.0.